The number of halogens is 1. The van der Waals surface area contributed by atoms with Gasteiger partial charge in [-0.15, -0.1) is 0 Å². The molecule has 0 saturated carbocycles. The lowest BCUT2D eigenvalue weighted by atomic mass is 9.97. The van der Waals surface area contributed by atoms with Gasteiger partial charge in [-0.25, -0.2) is 4.39 Å². The van der Waals surface area contributed by atoms with Gasteiger partial charge in [0.15, 0.2) is 0 Å². The topological polar surface area (TPSA) is 0 Å². The zero-order valence-corrected chi connectivity index (χ0v) is 9.89. The van der Waals surface area contributed by atoms with Crippen LogP contribution in [0.3, 0.4) is 0 Å². The van der Waals surface area contributed by atoms with Crippen LogP contribution >= 0.6 is 0 Å². The third-order valence-electron chi connectivity index (χ3n) is 2.30. The van der Waals surface area contributed by atoms with Gasteiger partial charge in [-0.1, -0.05) is 39.8 Å². The van der Waals surface area contributed by atoms with Crippen LogP contribution < -0.4 is 0 Å². The third kappa shape index (κ3) is 3.49. The molecule has 0 radical (unpaired) electrons. The average Bonchev–Trinajstić information content (AvgIpc) is 2.20. The molecule has 0 aliphatic heterocycles. The van der Waals surface area contributed by atoms with Crippen LogP contribution in [0.15, 0.2) is 18.2 Å². The fourth-order valence-corrected chi connectivity index (χ4v) is 1.25. The van der Waals surface area contributed by atoms with Gasteiger partial charge in [0.2, 0.25) is 0 Å². The van der Waals surface area contributed by atoms with Crippen LogP contribution in [-0.4, -0.2) is 0 Å². The molecule has 0 nitrogen and oxygen atoms in total. The molecule has 1 aromatic carbocycles. The molecule has 1 atom stereocenters. The van der Waals surface area contributed by atoms with Crippen LogP contribution in [0.25, 0.3) is 0 Å². The first kappa shape index (κ1) is 13.2. The fourth-order valence-electron chi connectivity index (χ4n) is 1.25. The van der Waals surface area contributed by atoms with Crippen LogP contribution in [0.2, 0.25) is 0 Å². The molecule has 1 aromatic rings. The molecule has 0 amide bonds. The quantitative estimate of drug-likeness (QED) is 0.644. The van der Waals surface area contributed by atoms with Crippen LogP contribution in [0.1, 0.15) is 51.2 Å². The number of benzene rings is 1. The van der Waals surface area contributed by atoms with Gasteiger partial charge < -0.3 is 0 Å². The zero-order chi connectivity index (χ0) is 11.1. The molecule has 80 valence electrons. The first-order valence-corrected chi connectivity index (χ1v) is 5.41. The van der Waals surface area contributed by atoms with Gasteiger partial charge in [0.05, 0.1) is 0 Å². The monoisotopic (exact) mass is 196 g/mol. The van der Waals surface area contributed by atoms with Gasteiger partial charge in [-0.2, -0.15) is 0 Å². The second-order valence-electron chi connectivity index (χ2n) is 3.33. The van der Waals surface area contributed by atoms with Crippen molar-refractivity contribution in [1.82, 2.24) is 0 Å². The summed E-state index contributed by atoms with van der Waals surface area (Å²) in [5.74, 6) is 0.259. The summed E-state index contributed by atoms with van der Waals surface area (Å²) < 4.78 is 13.3. The highest BCUT2D eigenvalue weighted by Crippen LogP contribution is 2.22. The van der Waals surface area contributed by atoms with Gasteiger partial charge in [-0.05, 0) is 36.5 Å². The Bertz CT molecular complexity index is 266. The summed E-state index contributed by atoms with van der Waals surface area (Å²) in [5, 5.41) is 0. The SMILES string of the molecule is CC.CCC(C)c1ccc(C)cc1F. The summed E-state index contributed by atoms with van der Waals surface area (Å²) in [6, 6.07) is 5.45. The van der Waals surface area contributed by atoms with E-state index in [1.807, 2.05) is 39.8 Å². The molecule has 0 saturated heterocycles. The lowest BCUT2D eigenvalue weighted by molar-refractivity contribution is 0.582. The lowest BCUT2D eigenvalue weighted by Gasteiger charge is -2.10. The molecule has 0 aliphatic rings. The zero-order valence-electron chi connectivity index (χ0n) is 9.89. The van der Waals surface area contributed by atoms with Gasteiger partial charge in [0, 0.05) is 0 Å². The van der Waals surface area contributed by atoms with E-state index in [-0.39, 0.29) is 5.82 Å². The van der Waals surface area contributed by atoms with Crippen molar-refractivity contribution in [3.05, 3.63) is 35.1 Å². The minimum Gasteiger partial charge on any atom is -0.207 e. The highest BCUT2D eigenvalue weighted by Gasteiger charge is 2.07. The van der Waals surface area contributed by atoms with Crippen molar-refractivity contribution in [1.29, 1.82) is 0 Å². The summed E-state index contributed by atoms with van der Waals surface area (Å²) >= 11 is 0. The highest BCUT2D eigenvalue weighted by atomic mass is 19.1. The summed E-state index contributed by atoms with van der Waals surface area (Å²) in [4.78, 5) is 0. The van der Waals surface area contributed by atoms with Gasteiger partial charge in [0.25, 0.3) is 0 Å². The molecular weight excluding hydrogens is 175 g/mol. The Kier molecular flexibility index (Phi) is 6.18. The largest absolute Gasteiger partial charge is 0.207 e. The predicted molar refractivity (Wildman–Crippen MR) is 61.2 cm³/mol. The van der Waals surface area contributed by atoms with Crippen molar-refractivity contribution in [2.24, 2.45) is 0 Å². The summed E-state index contributed by atoms with van der Waals surface area (Å²) in [5.41, 5.74) is 1.82. The third-order valence-corrected chi connectivity index (χ3v) is 2.30. The van der Waals surface area contributed by atoms with Crippen LogP contribution in [-0.2, 0) is 0 Å². The van der Waals surface area contributed by atoms with E-state index in [9.17, 15) is 4.39 Å². The van der Waals surface area contributed by atoms with Crippen molar-refractivity contribution in [3.8, 4) is 0 Å². The number of hydrogen-bond acceptors (Lipinski definition) is 0. The first-order chi connectivity index (χ1) is 6.65. The van der Waals surface area contributed by atoms with Crippen molar-refractivity contribution < 1.29 is 4.39 Å². The summed E-state index contributed by atoms with van der Waals surface area (Å²) in [6.45, 7) is 10.0. The van der Waals surface area contributed by atoms with E-state index in [0.29, 0.717) is 5.92 Å². The summed E-state index contributed by atoms with van der Waals surface area (Å²) in [6.07, 6.45) is 0.986. The Morgan fingerprint density at radius 3 is 2.29 bits per heavy atom. The Hall–Kier alpha value is -0.850. The minimum atomic E-state index is -0.0654. The van der Waals surface area contributed by atoms with Crippen LogP contribution in [0.5, 0.6) is 0 Å². The molecule has 0 aliphatic carbocycles. The van der Waals surface area contributed by atoms with Crippen molar-refractivity contribution in [2.45, 2.75) is 47.0 Å². The first-order valence-electron chi connectivity index (χ1n) is 5.41. The number of rotatable bonds is 2. The molecule has 0 aromatic heterocycles. The maximum atomic E-state index is 13.3. The van der Waals surface area contributed by atoms with Crippen LogP contribution in [0.4, 0.5) is 4.39 Å². The van der Waals surface area contributed by atoms with E-state index < -0.39 is 0 Å². The molecule has 0 fully saturated rings. The maximum absolute atomic E-state index is 13.3. The van der Waals surface area contributed by atoms with Crippen LogP contribution in [0, 0.1) is 12.7 Å². The molecule has 1 rings (SSSR count). The van der Waals surface area contributed by atoms with Crippen molar-refractivity contribution in [3.63, 3.8) is 0 Å². The molecule has 0 N–H and O–H groups in total. The second-order valence-corrected chi connectivity index (χ2v) is 3.33. The van der Waals surface area contributed by atoms with Gasteiger partial charge >= 0.3 is 0 Å². The summed E-state index contributed by atoms with van der Waals surface area (Å²) in [7, 11) is 0. The van der Waals surface area contributed by atoms with E-state index in [2.05, 4.69) is 6.92 Å². The molecular formula is C13H21F. The highest BCUT2D eigenvalue weighted by molar-refractivity contribution is 5.25. The van der Waals surface area contributed by atoms with E-state index in [4.69, 9.17) is 0 Å². The minimum absolute atomic E-state index is 0.0654. The Labute approximate surface area is 87.2 Å². The average molecular weight is 196 g/mol. The van der Waals surface area contributed by atoms with Gasteiger partial charge in [-0.3, -0.25) is 0 Å². The number of hydrogen-bond donors (Lipinski definition) is 0. The van der Waals surface area contributed by atoms with Crippen molar-refractivity contribution in [2.75, 3.05) is 0 Å². The molecule has 1 unspecified atom stereocenters. The number of aryl methyl sites for hydroxylation is 1. The molecule has 0 bridgehead atoms. The smallest absolute Gasteiger partial charge is 0.126 e. The van der Waals surface area contributed by atoms with E-state index in [1.165, 1.54) is 0 Å². The van der Waals surface area contributed by atoms with E-state index in [1.54, 1.807) is 6.07 Å². The van der Waals surface area contributed by atoms with Gasteiger partial charge in [0.1, 0.15) is 5.82 Å². The molecule has 1 heteroatoms. The van der Waals surface area contributed by atoms with Crippen molar-refractivity contribution >= 4 is 0 Å². The molecule has 14 heavy (non-hydrogen) atoms. The fraction of sp³-hybridized carbons (Fsp3) is 0.538. The standard InChI is InChI=1S/C11H15F.C2H6/c1-4-9(3)10-6-5-8(2)7-11(10)12;1-2/h5-7,9H,4H2,1-3H3;1-2H3. The molecule has 0 spiro atoms. The lowest BCUT2D eigenvalue weighted by Crippen LogP contribution is -1.95. The van der Waals surface area contributed by atoms with E-state index in [0.717, 1.165) is 17.5 Å². The molecule has 0 heterocycles. The Balaban J connectivity index is 0.000000791. The normalized spacial score (nSPS) is 11.6. The second kappa shape index (κ2) is 6.58. The maximum Gasteiger partial charge on any atom is 0.126 e. The van der Waals surface area contributed by atoms with E-state index >= 15 is 0 Å². The Morgan fingerprint density at radius 1 is 1.29 bits per heavy atom. The predicted octanol–water partition coefficient (Wildman–Crippen LogP) is 4.67. The Morgan fingerprint density at radius 2 is 1.86 bits per heavy atom.